The van der Waals surface area contributed by atoms with Crippen LogP contribution in [0.5, 0.6) is 0 Å². The van der Waals surface area contributed by atoms with Crippen molar-refractivity contribution in [3.05, 3.63) is 53.0 Å². The van der Waals surface area contributed by atoms with Crippen LogP contribution in [-0.2, 0) is 0 Å². The highest BCUT2D eigenvalue weighted by Gasteiger charge is 2.15. The quantitative estimate of drug-likeness (QED) is 0.773. The van der Waals surface area contributed by atoms with Crippen molar-refractivity contribution < 1.29 is 9.52 Å². The number of aliphatic hydroxyl groups excluding tert-OH is 1. The van der Waals surface area contributed by atoms with Crippen LogP contribution in [0.4, 0.5) is 5.82 Å². The minimum absolute atomic E-state index is 0.374. The van der Waals surface area contributed by atoms with E-state index in [9.17, 15) is 5.11 Å². The summed E-state index contributed by atoms with van der Waals surface area (Å²) in [6.45, 7) is 6.27. The zero-order chi connectivity index (χ0) is 15.7. The van der Waals surface area contributed by atoms with Crippen LogP contribution < -0.4 is 5.32 Å². The van der Waals surface area contributed by atoms with Crippen LogP contribution in [0.1, 0.15) is 28.6 Å². The van der Waals surface area contributed by atoms with Crippen molar-refractivity contribution in [2.24, 2.45) is 0 Å². The lowest BCUT2D eigenvalue weighted by Gasteiger charge is -2.13. The van der Waals surface area contributed by atoms with E-state index in [4.69, 9.17) is 4.42 Å². The third-order valence-corrected chi connectivity index (χ3v) is 3.86. The van der Waals surface area contributed by atoms with E-state index in [1.165, 1.54) is 6.33 Å². The summed E-state index contributed by atoms with van der Waals surface area (Å²) in [5.41, 5.74) is 3.60. The molecule has 0 saturated heterocycles. The van der Waals surface area contributed by atoms with Crippen LogP contribution in [0.25, 0.3) is 11.1 Å². The molecule has 0 spiro atoms. The molecule has 5 heteroatoms. The Morgan fingerprint density at radius 3 is 2.82 bits per heavy atom. The lowest BCUT2D eigenvalue weighted by Crippen LogP contribution is -2.13. The Bertz CT molecular complexity index is 811. The third kappa shape index (κ3) is 2.67. The van der Waals surface area contributed by atoms with Gasteiger partial charge in [-0.15, -0.1) is 0 Å². The maximum Gasteiger partial charge on any atom is 0.231 e. The Hall–Kier alpha value is -2.40. The average molecular weight is 297 g/mol. The molecule has 0 aliphatic rings. The van der Waals surface area contributed by atoms with E-state index in [0.717, 1.165) is 27.8 Å². The lowest BCUT2D eigenvalue weighted by molar-refractivity contribution is 0.191. The first-order valence-electron chi connectivity index (χ1n) is 7.25. The van der Waals surface area contributed by atoms with E-state index in [1.807, 2.05) is 45.0 Å². The van der Waals surface area contributed by atoms with Gasteiger partial charge in [-0.2, -0.15) is 0 Å². The van der Waals surface area contributed by atoms with Crippen molar-refractivity contribution in [2.45, 2.75) is 26.9 Å². The monoisotopic (exact) mass is 297 g/mol. The summed E-state index contributed by atoms with van der Waals surface area (Å²) in [7, 11) is 0. The molecule has 0 saturated carbocycles. The van der Waals surface area contributed by atoms with Crippen LogP contribution in [0.15, 0.2) is 35.0 Å². The average Bonchev–Trinajstić information content (AvgIpc) is 2.80. The molecule has 0 aliphatic carbocycles. The molecule has 1 atom stereocenters. The number of hydrogen-bond acceptors (Lipinski definition) is 5. The molecule has 3 aromatic rings. The smallest absolute Gasteiger partial charge is 0.231 e. The van der Waals surface area contributed by atoms with Gasteiger partial charge in [0.15, 0.2) is 0 Å². The number of anilines is 1. The van der Waals surface area contributed by atoms with E-state index >= 15 is 0 Å². The number of aryl methyl sites for hydroxylation is 3. The number of nitrogens with one attached hydrogen (secondary N) is 1. The Balaban J connectivity index is 1.82. The molecule has 2 heterocycles. The molecular weight excluding hydrogens is 278 g/mol. The fraction of sp³-hybridized carbons (Fsp3) is 0.294. The van der Waals surface area contributed by atoms with Gasteiger partial charge < -0.3 is 14.8 Å². The predicted molar refractivity (Wildman–Crippen MR) is 85.9 cm³/mol. The van der Waals surface area contributed by atoms with Crippen LogP contribution >= 0.6 is 0 Å². The SMILES string of the molecule is Cc1cccc(C(O)CNc2ncnc3oc(C)c(C)c23)c1. The summed E-state index contributed by atoms with van der Waals surface area (Å²) in [6, 6.07) is 7.85. The summed E-state index contributed by atoms with van der Waals surface area (Å²) < 4.78 is 5.59. The van der Waals surface area contributed by atoms with Gasteiger partial charge in [-0.1, -0.05) is 29.8 Å². The van der Waals surface area contributed by atoms with Gasteiger partial charge in [-0.25, -0.2) is 9.97 Å². The Morgan fingerprint density at radius 1 is 1.23 bits per heavy atom. The van der Waals surface area contributed by atoms with Crippen molar-refractivity contribution in [1.82, 2.24) is 9.97 Å². The molecule has 0 radical (unpaired) electrons. The number of benzene rings is 1. The van der Waals surface area contributed by atoms with Crippen molar-refractivity contribution in [2.75, 3.05) is 11.9 Å². The first-order valence-corrected chi connectivity index (χ1v) is 7.25. The largest absolute Gasteiger partial charge is 0.443 e. The van der Waals surface area contributed by atoms with Gasteiger partial charge in [0.25, 0.3) is 0 Å². The standard InChI is InChI=1S/C17H19N3O2/c1-10-5-4-6-13(7-10)14(21)8-18-16-15-11(2)12(3)22-17(15)20-9-19-16/h4-7,9,14,21H,8H2,1-3H3,(H,18,19,20). The molecule has 2 aromatic heterocycles. The van der Waals surface area contributed by atoms with Gasteiger partial charge in [0.05, 0.1) is 11.5 Å². The lowest BCUT2D eigenvalue weighted by atomic mass is 10.1. The Morgan fingerprint density at radius 2 is 2.05 bits per heavy atom. The normalized spacial score (nSPS) is 12.5. The van der Waals surface area contributed by atoms with E-state index < -0.39 is 6.10 Å². The molecule has 0 fully saturated rings. The fourth-order valence-corrected chi connectivity index (χ4v) is 2.51. The zero-order valence-electron chi connectivity index (χ0n) is 12.9. The number of fused-ring (bicyclic) bond motifs is 1. The fourth-order valence-electron chi connectivity index (χ4n) is 2.51. The van der Waals surface area contributed by atoms with Crippen LogP contribution in [-0.4, -0.2) is 21.6 Å². The minimum atomic E-state index is -0.599. The highest BCUT2D eigenvalue weighted by Crippen LogP contribution is 2.28. The molecule has 0 amide bonds. The number of hydrogen-bond donors (Lipinski definition) is 2. The summed E-state index contributed by atoms with van der Waals surface area (Å²) in [6.07, 6.45) is 0.866. The maximum absolute atomic E-state index is 10.3. The first-order chi connectivity index (χ1) is 10.6. The number of aromatic nitrogens is 2. The van der Waals surface area contributed by atoms with Gasteiger partial charge in [-0.05, 0) is 26.3 Å². The van der Waals surface area contributed by atoms with Gasteiger partial charge in [0, 0.05) is 12.1 Å². The van der Waals surface area contributed by atoms with Crippen molar-refractivity contribution >= 4 is 16.9 Å². The molecule has 22 heavy (non-hydrogen) atoms. The van der Waals surface area contributed by atoms with Crippen molar-refractivity contribution in [3.63, 3.8) is 0 Å². The van der Waals surface area contributed by atoms with Gasteiger partial charge in [0.1, 0.15) is 17.9 Å². The summed E-state index contributed by atoms with van der Waals surface area (Å²) in [4.78, 5) is 8.41. The topological polar surface area (TPSA) is 71.2 Å². The van der Waals surface area contributed by atoms with E-state index in [2.05, 4.69) is 15.3 Å². The van der Waals surface area contributed by atoms with Crippen LogP contribution in [0, 0.1) is 20.8 Å². The molecule has 2 N–H and O–H groups in total. The molecular formula is C17H19N3O2. The molecule has 1 unspecified atom stereocenters. The summed E-state index contributed by atoms with van der Waals surface area (Å²) in [5, 5.41) is 14.4. The molecule has 0 bridgehead atoms. The van der Waals surface area contributed by atoms with Crippen LogP contribution in [0.2, 0.25) is 0 Å². The Labute approximate surface area is 129 Å². The van der Waals surface area contributed by atoms with Gasteiger partial charge in [-0.3, -0.25) is 0 Å². The molecule has 5 nitrogen and oxygen atoms in total. The minimum Gasteiger partial charge on any atom is -0.443 e. The number of rotatable bonds is 4. The third-order valence-electron chi connectivity index (χ3n) is 3.86. The number of aliphatic hydroxyl groups is 1. The van der Waals surface area contributed by atoms with Gasteiger partial charge >= 0.3 is 0 Å². The summed E-state index contributed by atoms with van der Waals surface area (Å²) in [5.74, 6) is 1.52. The Kier molecular flexibility index (Phi) is 3.81. The maximum atomic E-state index is 10.3. The second kappa shape index (κ2) is 5.77. The molecule has 1 aromatic carbocycles. The highest BCUT2D eigenvalue weighted by molar-refractivity contribution is 5.89. The van der Waals surface area contributed by atoms with Gasteiger partial charge in [0.2, 0.25) is 5.71 Å². The number of nitrogens with zero attached hydrogens (tertiary/aromatic N) is 2. The second-order valence-electron chi connectivity index (χ2n) is 5.50. The van der Waals surface area contributed by atoms with E-state index in [1.54, 1.807) is 0 Å². The first kappa shape index (κ1) is 14.5. The predicted octanol–water partition coefficient (Wildman–Crippen LogP) is 3.29. The second-order valence-corrected chi connectivity index (χ2v) is 5.50. The highest BCUT2D eigenvalue weighted by atomic mass is 16.3. The van der Waals surface area contributed by atoms with E-state index in [-0.39, 0.29) is 0 Å². The van der Waals surface area contributed by atoms with E-state index in [0.29, 0.717) is 18.1 Å². The zero-order valence-corrected chi connectivity index (χ0v) is 12.9. The molecule has 0 aliphatic heterocycles. The van der Waals surface area contributed by atoms with Crippen molar-refractivity contribution in [1.29, 1.82) is 0 Å². The molecule has 114 valence electrons. The van der Waals surface area contributed by atoms with Crippen LogP contribution in [0.3, 0.4) is 0 Å². The molecule has 3 rings (SSSR count). The summed E-state index contributed by atoms with van der Waals surface area (Å²) >= 11 is 0. The number of furan rings is 1. The van der Waals surface area contributed by atoms with Crippen molar-refractivity contribution in [3.8, 4) is 0 Å².